The van der Waals surface area contributed by atoms with Crippen molar-refractivity contribution in [2.45, 2.75) is 19.0 Å². The lowest BCUT2D eigenvalue weighted by atomic mass is 10.1. The smallest absolute Gasteiger partial charge is 0.308 e. The summed E-state index contributed by atoms with van der Waals surface area (Å²) in [5.74, 6) is -0.209. The van der Waals surface area contributed by atoms with E-state index in [2.05, 4.69) is 0 Å². The molecule has 2 aromatic rings. The van der Waals surface area contributed by atoms with Gasteiger partial charge in [-0.1, -0.05) is 24.3 Å². The fraction of sp³-hybridized carbons (Fsp3) is 0.267. The van der Waals surface area contributed by atoms with E-state index in [0.29, 0.717) is 11.3 Å². The van der Waals surface area contributed by atoms with Gasteiger partial charge in [-0.25, -0.2) is 0 Å². The van der Waals surface area contributed by atoms with Gasteiger partial charge in [0.05, 0.1) is 5.69 Å². The lowest BCUT2D eigenvalue weighted by Gasteiger charge is -2.18. The van der Waals surface area contributed by atoms with E-state index in [9.17, 15) is 18.0 Å². The first-order chi connectivity index (χ1) is 9.47. The van der Waals surface area contributed by atoms with Crippen molar-refractivity contribution >= 4 is 22.4 Å². The molecule has 1 aliphatic heterocycles. The number of carbonyl (C=O) groups is 1. The van der Waals surface area contributed by atoms with Crippen LogP contribution in [0.2, 0.25) is 0 Å². The molecule has 1 heterocycles. The molecule has 0 aromatic heterocycles. The number of amides is 1. The molecular formula is C15H12F3NO. The van der Waals surface area contributed by atoms with E-state index < -0.39 is 12.6 Å². The normalized spacial score (nSPS) is 14.3. The largest absolute Gasteiger partial charge is 0.389 e. The van der Waals surface area contributed by atoms with Crippen molar-refractivity contribution in [1.82, 2.24) is 0 Å². The highest BCUT2D eigenvalue weighted by atomic mass is 19.4. The summed E-state index contributed by atoms with van der Waals surface area (Å²) in [7, 11) is 0. The summed E-state index contributed by atoms with van der Waals surface area (Å²) in [5, 5.41) is 1.78. The molecule has 0 saturated heterocycles. The highest BCUT2D eigenvalue weighted by Gasteiger charge is 2.31. The predicted octanol–water partition coefficient (Wildman–Crippen LogP) is 4.14. The zero-order chi connectivity index (χ0) is 14.3. The zero-order valence-corrected chi connectivity index (χ0v) is 10.6. The third-order valence-corrected chi connectivity index (χ3v) is 3.49. The molecule has 104 valence electrons. The number of benzene rings is 2. The maximum Gasteiger partial charge on any atom is 0.389 e. The summed E-state index contributed by atoms with van der Waals surface area (Å²) in [4.78, 5) is 13.7. The molecule has 0 unspecified atom stereocenters. The second-order valence-corrected chi connectivity index (χ2v) is 4.86. The maximum absolute atomic E-state index is 12.3. The Morgan fingerprint density at radius 2 is 1.75 bits per heavy atom. The van der Waals surface area contributed by atoms with Crippen LogP contribution in [0, 0.1) is 0 Å². The number of anilines is 1. The minimum Gasteiger partial charge on any atom is -0.308 e. The standard InChI is InChI=1S/C15H12F3NO/c16-15(17,18)8-3-9-19-12-7-2-5-10-4-1-6-11(13(10)12)14(19)20/h1-2,4-7H,3,8-9H2. The molecule has 0 N–H and O–H groups in total. The van der Waals surface area contributed by atoms with Crippen molar-refractivity contribution in [3.05, 3.63) is 42.0 Å². The zero-order valence-electron chi connectivity index (χ0n) is 10.6. The van der Waals surface area contributed by atoms with Gasteiger partial charge < -0.3 is 4.90 Å². The van der Waals surface area contributed by atoms with Crippen molar-refractivity contribution in [1.29, 1.82) is 0 Å². The quantitative estimate of drug-likeness (QED) is 0.826. The summed E-state index contributed by atoms with van der Waals surface area (Å²) in [6.07, 6.45) is -5.13. The number of carbonyl (C=O) groups excluding carboxylic acids is 1. The molecule has 3 rings (SSSR count). The van der Waals surface area contributed by atoms with Gasteiger partial charge in [0.25, 0.3) is 5.91 Å². The average molecular weight is 279 g/mol. The molecular weight excluding hydrogens is 267 g/mol. The van der Waals surface area contributed by atoms with Gasteiger partial charge in [0, 0.05) is 23.9 Å². The molecule has 0 fully saturated rings. The van der Waals surface area contributed by atoms with E-state index in [1.807, 2.05) is 18.2 Å². The minimum absolute atomic E-state index is 0.0837. The second-order valence-electron chi connectivity index (χ2n) is 4.86. The molecule has 0 bridgehead atoms. The Labute approximate surface area is 113 Å². The van der Waals surface area contributed by atoms with E-state index >= 15 is 0 Å². The maximum atomic E-state index is 12.3. The Hall–Kier alpha value is -2.04. The van der Waals surface area contributed by atoms with Crippen LogP contribution in [0.3, 0.4) is 0 Å². The monoisotopic (exact) mass is 279 g/mol. The van der Waals surface area contributed by atoms with Gasteiger partial charge in [-0.05, 0) is 23.9 Å². The van der Waals surface area contributed by atoms with Crippen LogP contribution >= 0.6 is 0 Å². The molecule has 0 saturated carbocycles. The number of halogens is 3. The molecule has 2 nitrogen and oxygen atoms in total. The molecule has 0 spiro atoms. The Balaban J connectivity index is 1.89. The summed E-state index contributed by atoms with van der Waals surface area (Å²) in [6.45, 7) is 0.0894. The highest BCUT2D eigenvalue weighted by molar-refractivity contribution is 6.24. The third-order valence-electron chi connectivity index (χ3n) is 3.49. The molecule has 5 heteroatoms. The number of hydrogen-bond donors (Lipinski definition) is 0. The number of rotatable bonds is 3. The molecule has 0 aliphatic carbocycles. The van der Waals surface area contributed by atoms with Crippen LogP contribution in [0.5, 0.6) is 0 Å². The molecule has 1 aliphatic rings. The first kappa shape index (κ1) is 13.0. The topological polar surface area (TPSA) is 20.3 Å². The van der Waals surface area contributed by atoms with Crippen LogP contribution in [0.25, 0.3) is 10.8 Å². The van der Waals surface area contributed by atoms with Gasteiger partial charge in [0.1, 0.15) is 0 Å². The third kappa shape index (κ3) is 2.13. The Morgan fingerprint density at radius 3 is 2.45 bits per heavy atom. The lowest BCUT2D eigenvalue weighted by Crippen LogP contribution is -2.28. The summed E-state index contributed by atoms with van der Waals surface area (Å²) < 4.78 is 36.6. The van der Waals surface area contributed by atoms with Crippen molar-refractivity contribution < 1.29 is 18.0 Å². The van der Waals surface area contributed by atoms with E-state index in [4.69, 9.17) is 0 Å². The minimum atomic E-state index is -4.18. The van der Waals surface area contributed by atoms with Gasteiger partial charge in [0.2, 0.25) is 0 Å². The van der Waals surface area contributed by atoms with Crippen LogP contribution < -0.4 is 4.90 Å². The van der Waals surface area contributed by atoms with E-state index in [1.54, 1.807) is 18.2 Å². The van der Waals surface area contributed by atoms with Crippen LogP contribution in [0.1, 0.15) is 23.2 Å². The van der Waals surface area contributed by atoms with Gasteiger partial charge >= 0.3 is 6.18 Å². The number of alkyl halides is 3. The Bertz CT molecular complexity index is 673. The lowest BCUT2D eigenvalue weighted by molar-refractivity contribution is -0.135. The Kier molecular flexibility index (Phi) is 2.92. The first-order valence-electron chi connectivity index (χ1n) is 6.38. The molecule has 20 heavy (non-hydrogen) atoms. The summed E-state index contributed by atoms with van der Waals surface area (Å²) >= 11 is 0. The first-order valence-corrected chi connectivity index (χ1v) is 6.38. The van der Waals surface area contributed by atoms with E-state index in [1.165, 1.54) is 4.90 Å². The molecule has 2 aromatic carbocycles. The van der Waals surface area contributed by atoms with Crippen molar-refractivity contribution in [2.75, 3.05) is 11.4 Å². The predicted molar refractivity (Wildman–Crippen MR) is 70.9 cm³/mol. The van der Waals surface area contributed by atoms with Crippen LogP contribution in [0.15, 0.2) is 36.4 Å². The fourth-order valence-corrected chi connectivity index (χ4v) is 2.64. The number of nitrogens with zero attached hydrogens (tertiary/aromatic N) is 1. The van der Waals surface area contributed by atoms with Gasteiger partial charge in [-0.15, -0.1) is 0 Å². The molecule has 1 amide bonds. The van der Waals surface area contributed by atoms with Crippen LogP contribution in [-0.2, 0) is 0 Å². The highest BCUT2D eigenvalue weighted by Crippen LogP contribution is 2.37. The van der Waals surface area contributed by atoms with Crippen molar-refractivity contribution in [3.63, 3.8) is 0 Å². The van der Waals surface area contributed by atoms with Crippen LogP contribution in [-0.4, -0.2) is 18.6 Å². The summed E-state index contributed by atoms with van der Waals surface area (Å²) in [5.41, 5.74) is 1.29. The van der Waals surface area contributed by atoms with Crippen molar-refractivity contribution in [3.8, 4) is 0 Å². The molecule has 0 atom stereocenters. The van der Waals surface area contributed by atoms with Crippen LogP contribution in [0.4, 0.5) is 18.9 Å². The molecule has 0 radical (unpaired) electrons. The fourth-order valence-electron chi connectivity index (χ4n) is 2.64. The van der Waals surface area contributed by atoms with E-state index in [0.717, 1.165) is 10.8 Å². The van der Waals surface area contributed by atoms with E-state index in [-0.39, 0.29) is 18.9 Å². The number of hydrogen-bond acceptors (Lipinski definition) is 1. The SMILES string of the molecule is O=C1c2cccc3cccc(c23)N1CCCC(F)(F)F. The summed E-state index contributed by atoms with van der Waals surface area (Å²) in [6, 6.07) is 10.9. The van der Waals surface area contributed by atoms with Gasteiger partial charge in [-0.2, -0.15) is 13.2 Å². The second kappa shape index (κ2) is 4.51. The van der Waals surface area contributed by atoms with Gasteiger partial charge in [-0.3, -0.25) is 4.79 Å². The Morgan fingerprint density at radius 1 is 1.05 bits per heavy atom. The average Bonchev–Trinajstić information content (AvgIpc) is 2.66. The van der Waals surface area contributed by atoms with Crippen molar-refractivity contribution in [2.24, 2.45) is 0 Å². The van der Waals surface area contributed by atoms with Gasteiger partial charge in [0.15, 0.2) is 0 Å².